The van der Waals surface area contributed by atoms with Crippen LogP contribution in [0.15, 0.2) is 71.8 Å². The van der Waals surface area contributed by atoms with Crippen LogP contribution >= 0.6 is 0 Å². The summed E-state index contributed by atoms with van der Waals surface area (Å²) in [5.74, 6) is 0.253. The maximum absolute atomic E-state index is 13.7. The molecule has 0 radical (unpaired) electrons. The zero-order valence-electron chi connectivity index (χ0n) is 15.6. The van der Waals surface area contributed by atoms with E-state index in [0.717, 1.165) is 0 Å². The van der Waals surface area contributed by atoms with Gasteiger partial charge in [0.15, 0.2) is 11.5 Å². The number of ether oxygens (including phenoxy) is 2. The third-order valence-electron chi connectivity index (χ3n) is 4.04. The summed E-state index contributed by atoms with van der Waals surface area (Å²) in [5.41, 5.74) is 3.89. The molecule has 148 valence electrons. The summed E-state index contributed by atoms with van der Waals surface area (Å²) in [5, 5.41) is 13.2. The van der Waals surface area contributed by atoms with Gasteiger partial charge in [-0.05, 0) is 54.1 Å². The number of nitrogens with one attached hydrogen (secondary N) is 1. The predicted molar refractivity (Wildman–Crippen MR) is 107 cm³/mol. The standard InChI is InChI=1S/C22H19FN2O4/c1-28-21-12-15(13-24-25-22(27)16-7-9-18(26)10-8-16)6-11-20(21)29-14-17-4-2-3-5-19(17)23/h2-13,26H,14H2,1H3,(H,25,27)/b24-13-. The number of phenols is 1. The highest BCUT2D eigenvalue weighted by atomic mass is 19.1. The molecule has 1 amide bonds. The minimum absolute atomic E-state index is 0.0686. The second-order valence-corrected chi connectivity index (χ2v) is 6.04. The second kappa shape index (κ2) is 9.36. The molecule has 0 aliphatic rings. The van der Waals surface area contributed by atoms with E-state index >= 15 is 0 Å². The molecule has 0 unspecified atom stereocenters. The lowest BCUT2D eigenvalue weighted by molar-refractivity contribution is 0.0955. The van der Waals surface area contributed by atoms with Crippen LogP contribution in [0.4, 0.5) is 4.39 Å². The number of carbonyl (C=O) groups excluding carboxylic acids is 1. The average Bonchev–Trinajstić information content (AvgIpc) is 2.74. The van der Waals surface area contributed by atoms with Gasteiger partial charge in [0, 0.05) is 11.1 Å². The van der Waals surface area contributed by atoms with Gasteiger partial charge in [0.05, 0.1) is 13.3 Å². The van der Waals surface area contributed by atoms with Crippen LogP contribution in [-0.4, -0.2) is 24.3 Å². The number of methoxy groups -OCH3 is 1. The van der Waals surface area contributed by atoms with E-state index in [2.05, 4.69) is 10.5 Å². The smallest absolute Gasteiger partial charge is 0.271 e. The number of phenolic OH excluding ortho intramolecular Hbond substituents is 1. The maximum atomic E-state index is 13.7. The van der Waals surface area contributed by atoms with Crippen LogP contribution in [0.1, 0.15) is 21.5 Å². The molecular weight excluding hydrogens is 375 g/mol. The van der Waals surface area contributed by atoms with Crippen LogP contribution in [0.3, 0.4) is 0 Å². The first kappa shape index (κ1) is 19.9. The molecule has 0 aromatic heterocycles. The van der Waals surface area contributed by atoms with Gasteiger partial charge in [-0.2, -0.15) is 5.10 Å². The topological polar surface area (TPSA) is 80.2 Å². The quantitative estimate of drug-likeness (QED) is 0.471. The van der Waals surface area contributed by atoms with E-state index in [4.69, 9.17) is 9.47 Å². The zero-order chi connectivity index (χ0) is 20.6. The number of aromatic hydroxyl groups is 1. The van der Waals surface area contributed by atoms with E-state index in [-0.39, 0.29) is 18.2 Å². The molecule has 3 aromatic rings. The minimum Gasteiger partial charge on any atom is -0.508 e. The summed E-state index contributed by atoms with van der Waals surface area (Å²) < 4.78 is 24.7. The van der Waals surface area contributed by atoms with Gasteiger partial charge in [-0.1, -0.05) is 18.2 Å². The summed E-state index contributed by atoms with van der Waals surface area (Å²) in [6, 6.07) is 17.3. The van der Waals surface area contributed by atoms with Gasteiger partial charge in [0.1, 0.15) is 18.2 Å². The molecule has 0 aliphatic carbocycles. The number of hydrazone groups is 1. The van der Waals surface area contributed by atoms with Gasteiger partial charge in [0.2, 0.25) is 0 Å². The first-order valence-corrected chi connectivity index (χ1v) is 8.73. The molecule has 3 aromatic carbocycles. The monoisotopic (exact) mass is 394 g/mol. The molecular formula is C22H19FN2O4. The Labute approximate surface area is 167 Å². The lowest BCUT2D eigenvalue weighted by atomic mass is 10.2. The van der Waals surface area contributed by atoms with Crippen LogP contribution in [0, 0.1) is 5.82 Å². The van der Waals surface area contributed by atoms with Crippen molar-refractivity contribution in [3.63, 3.8) is 0 Å². The Balaban J connectivity index is 1.63. The SMILES string of the molecule is COc1cc(/C=N\NC(=O)c2ccc(O)cc2)ccc1OCc1ccccc1F. The number of hydrogen-bond acceptors (Lipinski definition) is 5. The Morgan fingerprint density at radius 2 is 1.86 bits per heavy atom. The molecule has 0 spiro atoms. The Kier molecular flexibility index (Phi) is 6.42. The van der Waals surface area contributed by atoms with E-state index in [9.17, 15) is 14.3 Å². The molecule has 0 atom stereocenters. The fraction of sp³-hybridized carbons (Fsp3) is 0.0909. The number of benzene rings is 3. The fourth-order valence-corrected chi connectivity index (χ4v) is 2.50. The lowest BCUT2D eigenvalue weighted by Gasteiger charge is -2.11. The summed E-state index contributed by atoms with van der Waals surface area (Å²) in [6.45, 7) is 0.0686. The lowest BCUT2D eigenvalue weighted by Crippen LogP contribution is -2.17. The Morgan fingerprint density at radius 3 is 2.59 bits per heavy atom. The Morgan fingerprint density at radius 1 is 1.10 bits per heavy atom. The van der Waals surface area contributed by atoms with E-state index < -0.39 is 5.91 Å². The van der Waals surface area contributed by atoms with Crippen LogP contribution in [0.5, 0.6) is 17.2 Å². The normalized spacial score (nSPS) is 10.7. The Hall–Kier alpha value is -3.87. The largest absolute Gasteiger partial charge is 0.508 e. The van der Waals surface area contributed by atoms with Gasteiger partial charge in [-0.25, -0.2) is 9.82 Å². The molecule has 0 aliphatic heterocycles. The van der Waals surface area contributed by atoms with Crippen molar-refractivity contribution in [2.75, 3.05) is 7.11 Å². The van der Waals surface area contributed by atoms with Crippen molar-refractivity contribution in [3.8, 4) is 17.2 Å². The minimum atomic E-state index is -0.405. The van der Waals surface area contributed by atoms with Gasteiger partial charge >= 0.3 is 0 Å². The van der Waals surface area contributed by atoms with Crippen molar-refractivity contribution >= 4 is 12.1 Å². The molecule has 0 fully saturated rings. The van der Waals surface area contributed by atoms with Crippen molar-refractivity contribution in [2.45, 2.75) is 6.61 Å². The third-order valence-corrected chi connectivity index (χ3v) is 4.04. The number of rotatable bonds is 7. The van der Waals surface area contributed by atoms with Crippen LogP contribution in [0.25, 0.3) is 0 Å². The molecule has 2 N–H and O–H groups in total. The van der Waals surface area contributed by atoms with E-state index in [1.165, 1.54) is 43.7 Å². The molecule has 0 heterocycles. The van der Waals surface area contributed by atoms with Gasteiger partial charge in [-0.15, -0.1) is 0 Å². The van der Waals surface area contributed by atoms with Gasteiger partial charge in [-0.3, -0.25) is 4.79 Å². The van der Waals surface area contributed by atoms with Crippen molar-refractivity contribution in [3.05, 3.63) is 89.2 Å². The first-order valence-electron chi connectivity index (χ1n) is 8.73. The van der Waals surface area contributed by atoms with Crippen LogP contribution < -0.4 is 14.9 Å². The molecule has 0 saturated carbocycles. The molecule has 0 saturated heterocycles. The average molecular weight is 394 g/mol. The van der Waals surface area contributed by atoms with E-state index in [1.807, 2.05) is 0 Å². The molecule has 3 rings (SSSR count). The van der Waals surface area contributed by atoms with E-state index in [0.29, 0.717) is 28.2 Å². The molecule has 7 heteroatoms. The van der Waals surface area contributed by atoms with Gasteiger partial charge in [0.25, 0.3) is 5.91 Å². The summed E-state index contributed by atoms with van der Waals surface area (Å²) in [7, 11) is 1.50. The zero-order valence-corrected chi connectivity index (χ0v) is 15.6. The number of halogens is 1. The fourth-order valence-electron chi connectivity index (χ4n) is 2.50. The van der Waals surface area contributed by atoms with Crippen LogP contribution in [0.2, 0.25) is 0 Å². The summed E-state index contributed by atoms with van der Waals surface area (Å²) >= 11 is 0. The van der Waals surface area contributed by atoms with Crippen molar-refractivity contribution < 1.29 is 23.8 Å². The number of amides is 1. The number of nitrogens with zero attached hydrogens (tertiary/aromatic N) is 1. The summed E-state index contributed by atoms with van der Waals surface area (Å²) in [4.78, 5) is 12.0. The van der Waals surface area contributed by atoms with E-state index in [1.54, 1.807) is 36.4 Å². The molecule has 29 heavy (non-hydrogen) atoms. The van der Waals surface area contributed by atoms with Crippen molar-refractivity contribution in [1.29, 1.82) is 0 Å². The predicted octanol–water partition coefficient (Wildman–Crippen LogP) is 3.88. The molecule has 0 bridgehead atoms. The second-order valence-electron chi connectivity index (χ2n) is 6.04. The highest BCUT2D eigenvalue weighted by Gasteiger charge is 2.08. The van der Waals surface area contributed by atoms with Crippen LogP contribution in [-0.2, 0) is 6.61 Å². The first-order chi connectivity index (χ1) is 14.1. The Bertz CT molecular complexity index is 1020. The highest BCUT2D eigenvalue weighted by molar-refractivity contribution is 5.95. The van der Waals surface area contributed by atoms with Crippen molar-refractivity contribution in [1.82, 2.24) is 5.43 Å². The summed E-state index contributed by atoms with van der Waals surface area (Å²) in [6.07, 6.45) is 1.46. The van der Waals surface area contributed by atoms with Crippen molar-refractivity contribution in [2.24, 2.45) is 5.10 Å². The van der Waals surface area contributed by atoms with Gasteiger partial charge < -0.3 is 14.6 Å². The maximum Gasteiger partial charge on any atom is 0.271 e. The molecule has 6 nitrogen and oxygen atoms in total. The number of carbonyl (C=O) groups is 1. The number of hydrogen-bond donors (Lipinski definition) is 2. The third kappa shape index (κ3) is 5.32. The highest BCUT2D eigenvalue weighted by Crippen LogP contribution is 2.28.